The largest absolute Gasteiger partial charge is 0.497 e. The van der Waals surface area contributed by atoms with Crippen molar-refractivity contribution in [3.63, 3.8) is 0 Å². The number of carbonyl (C=O) groups is 1. The Hall–Kier alpha value is -3.59. The summed E-state index contributed by atoms with van der Waals surface area (Å²) < 4.78 is 23.6. The number of methoxy groups -OCH3 is 3. The molecule has 33 heavy (non-hydrogen) atoms. The molecule has 1 heterocycles. The van der Waals surface area contributed by atoms with Crippen molar-refractivity contribution in [1.29, 1.82) is 0 Å². The summed E-state index contributed by atoms with van der Waals surface area (Å²) in [6.45, 7) is 0. The third-order valence-electron chi connectivity index (χ3n) is 5.19. The number of thiazole rings is 1. The number of aromatic nitrogens is 1. The molecule has 4 rings (SSSR count). The fourth-order valence-electron chi connectivity index (χ4n) is 3.25. The summed E-state index contributed by atoms with van der Waals surface area (Å²) in [5.74, 6) is 2.08. The maximum Gasteiger partial charge on any atom is 0.314 e. The van der Waals surface area contributed by atoms with Gasteiger partial charge in [-0.05, 0) is 54.8 Å². The van der Waals surface area contributed by atoms with Gasteiger partial charge in [-0.2, -0.15) is 5.10 Å². The van der Waals surface area contributed by atoms with Crippen LogP contribution >= 0.6 is 11.3 Å². The molecule has 0 amide bonds. The van der Waals surface area contributed by atoms with E-state index < -0.39 is 0 Å². The van der Waals surface area contributed by atoms with Gasteiger partial charge in [0.1, 0.15) is 11.5 Å². The number of carbonyl (C=O) groups excluding carboxylic acids is 1. The predicted molar refractivity (Wildman–Crippen MR) is 127 cm³/mol. The van der Waals surface area contributed by atoms with Crippen molar-refractivity contribution in [2.45, 2.75) is 12.8 Å². The zero-order valence-electron chi connectivity index (χ0n) is 18.9. The quantitative estimate of drug-likeness (QED) is 0.284. The Morgan fingerprint density at radius 2 is 1.79 bits per heavy atom. The topological polar surface area (TPSA) is 83.6 Å². The van der Waals surface area contributed by atoms with E-state index in [9.17, 15) is 4.79 Å². The number of hydrogen-bond acceptors (Lipinski definition) is 8. The van der Waals surface area contributed by atoms with Gasteiger partial charge in [0.2, 0.25) is 4.80 Å². The minimum absolute atomic E-state index is 0.00849. The fraction of sp³-hybridized carbons (Fsp3) is 0.292. The molecule has 172 valence electrons. The second-order valence-corrected chi connectivity index (χ2v) is 8.19. The first kappa shape index (κ1) is 22.6. The third kappa shape index (κ3) is 4.93. The van der Waals surface area contributed by atoms with Crippen LogP contribution < -0.4 is 23.7 Å². The number of benzene rings is 2. The molecular formula is C24H25N3O5S. The summed E-state index contributed by atoms with van der Waals surface area (Å²) in [6, 6.07) is 10.9. The van der Waals surface area contributed by atoms with E-state index in [1.165, 1.54) is 11.3 Å². The highest BCUT2D eigenvalue weighted by Gasteiger charge is 2.32. The van der Waals surface area contributed by atoms with Gasteiger partial charge in [-0.25, -0.2) is 4.68 Å². The Balaban J connectivity index is 1.68. The number of hydrogen-bond donors (Lipinski definition) is 0. The lowest BCUT2D eigenvalue weighted by Gasteiger charge is -2.11. The van der Waals surface area contributed by atoms with Gasteiger partial charge in [-0.15, -0.1) is 11.3 Å². The molecule has 9 heteroatoms. The minimum atomic E-state index is -0.213. The van der Waals surface area contributed by atoms with Crippen molar-refractivity contribution in [2.75, 3.05) is 28.4 Å². The molecule has 1 fully saturated rings. The average Bonchev–Trinajstić information content (AvgIpc) is 3.63. The first-order valence-electron chi connectivity index (χ1n) is 10.4. The maximum atomic E-state index is 12.0. The van der Waals surface area contributed by atoms with Gasteiger partial charge in [0, 0.05) is 18.0 Å². The standard InChI is InChI=1S/C24H25N3O5S/c1-25-24-27(19(14-33-24)18-12-17(29-2)8-10-20(18)30-3)26-13-15-5-9-21(22(11-15)31-4)32-23(28)16-6-7-16/h5,8-14,16H,6-7H2,1-4H3. The molecule has 2 aromatic carbocycles. The van der Waals surface area contributed by atoms with Crippen LogP contribution in [0.1, 0.15) is 18.4 Å². The second kappa shape index (κ2) is 9.91. The molecule has 0 bridgehead atoms. The van der Waals surface area contributed by atoms with Gasteiger partial charge in [0.25, 0.3) is 0 Å². The molecule has 8 nitrogen and oxygen atoms in total. The van der Waals surface area contributed by atoms with Crippen molar-refractivity contribution in [1.82, 2.24) is 4.68 Å². The first-order valence-corrected chi connectivity index (χ1v) is 11.3. The van der Waals surface area contributed by atoms with Crippen LogP contribution in [-0.4, -0.2) is 45.2 Å². The van der Waals surface area contributed by atoms with Crippen LogP contribution in [0.4, 0.5) is 0 Å². The summed E-state index contributed by atoms with van der Waals surface area (Å²) in [6.07, 6.45) is 3.47. The molecule has 0 N–H and O–H groups in total. The normalized spacial score (nSPS) is 13.9. The van der Waals surface area contributed by atoms with Crippen LogP contribution in [0.2, 0.25) is 0 Å². The van der Waals surface area contributed by atoms with Gasteiger partial charge in [0.15, 0.2) is 11.5 Å². The Morgan fingerprint density at radius 1 is 1.03 bits per heavy atom. The second-order valence-electron chi connectivity index (χ2n) is 7.36. The van der Waals surface area contributed by atoms with E-state index in [2.05, 4.69) is 10.1 Å². The lowest BCUT2D eigenvalue weighted by Crippen LogP contribution is -2.12. The molecule has 1 saturated carbocycles. The molecule has 0 spiro atoms. The molecular weight excluding hydrogens is 442 g/mol. The summed E-state index contributed by atoms with van der Waals surface area (Å²) >= 11 is 1.47. The maximum absolute atomic E-state index is 12.0. The number of nitrogens with zero attached hydrogens (tertiary/aromatic N) is 3. The van der Waals surface area contributed by atoms with Crippen molar-refractivity contribution < 1.29 is 23.7 Å². The van der Waals surface area contributed by atoms with E-state index in [1.807, 2.05) is 29.6 Å². The van der Waals surface area contributed by atoms with E-state index in [1.54, 1.807) is 51.4 Å². The van der Waals surface area contributed by atoms with Crippen molar-refractivity contribution in [3.8, 4) is 34.3 Å². The van der Waals surface area contributed by atoms with E-state index in [4.69, 9.17) is 18.9 Å². The van der Waals surface area contributed by atoms with Gasteiger partial charge >= 0.3 is 5.97 Å². The van der Waals surface area contributed by atoms with E-state index in [-0.39, 0.29) is 11.9 Å². The summed E-state index contributed by atoms with van der Waals surface area (Å²) in [4.78, 5) is 17.1. The summed E-state index contributed by atoms with van der Waals surface area (Å²) in [5, 5.41) is 6.64. The predicted octanol–water partition coefficient (Wildman–Crippen LogP) is 3.97. The highest BCUT2D eigenvalue weighted by atomic mass is 32.1. The number of ether oxygens (including phenoxy) is 4. The Morgan fingerprint density at radius 3 is 2.45 bits per heavy atom. The van der Waals surface area contributed by atoms with E-state index >= 15 is 0 Å². The molecule has 0 radical (unpaired) electrons. The van der Waals surface area contributed by atoms with Crippen LogP contribution in [0.3, 0.4) is 0 Å². The van der Waals surface area contributed by atoms with Gasteiger partial charge < -0.3 is 18.9 Å². The summed E-state index contributed by atoms with van der Waals surface area (Å²) in [5.41, 5.74) is 2.43. The van der Waals surface area contributed by atoms with Gasteiger partial charge in [0.05, 0.1) is 39.2 Å². The third-order valence-corrected chi connectivity index (χ3v) is 6.10. The van der Waals surface area contributed by atoms with Crippen molar-refractivity contribution in [2.24, 2.45) is 16.0 Å². The van der Waals surface area contributed by atoms with Crippen molar-refractivity contribution in [3.05, 3.63) is 52.1 Å². The van der Waals surface area contributed by atoms with Crippen LogP contribution in [-0.2, 0) is 4.79 Å². The smallest absolute Gasteiger partial charge is 0.314 e. The first-order chi connectivity index (χ1) is 16.1. The van der Waals surface area contributed by atoms with Crippen LogP contribution in [0.15, 0.2) is 51.9 Å². The Labute approximate surface area is 195 Å². The average molecular weight is 468 g/mol. The summed E-state index contributed by atoms with van der Waals surface area (Å²) in [7, 11) is 6.51. The highest BCUT2D eigenvalue weighted by Crippen LogP contribution is 2.35. The van der Waals surface area contributed by atoms with Crippen LogP contribution in [0.25, 0.3) is 11.3 Å². The Kier molecular flexibility index (Phi) is 6.79. The number of rotatable bonds is 8. The zero-order chi connectivity index (χ0) is 23.4. The highest BCUT2D eigenvalue weighted by molar-refractivity contribution is 7.07. The zero-order valence-corrected chi connectivity index (χ0v) is 19.7. The SMILES string of the molecule is CN=c1scc(-c2cc(OC)ccc2OC)n1N=Cc1ccc(OC(=O)C2CC2)c(OC)c1. The molecule has 1 aromatic heterocycles. The van der Waals surface area contributed by atoms with E-state index in [0.717, 1.165) is 29.7 Å². The molecule has 1 aliphatic rings. The monoisotopic (exact) mass is 467 g/mol. The Bertz CT molecular complexity index is 1260. The lowest BCUT2D eigenvalue weighted by molar-refractivity contribution is -0.135. The van der Waals surface area contributed by atoms with Crippen molar-refractivity contribution >= 4 is 23.5 Å². The lowest BCUT2D eigenvalue weighted by atomic mass is 10.1. The fourth-order valence-corrected chi connectivity index (χ4v) is 4.04. The number of esters is 1. The van der Waals surface area contributed by atoms with Gasteiger partial charge in [-0.3, -0.25) is 9.79 Å². The van der Waals surface area contributed by atoms with E-state index in [0.29, 0.717) is 27.8 Å². The minimum Gasteiger partial charge on any atom is -0.497 e. The van der Waals surface area contributed by atoms with Crippen LogP contribution in [0.5, 0.6) is 23.0 Å². The molecule has 0 atom stereocenters. The molecule has 1 aliphatic carbocycles. The van der Waals surface area contributed by atoms with Crippen LogP contribution in [0, 0.1) is 5.92 Å². The van der Waals surface area contributed by atoms with Gasteiger partial charge in [-0.1, -0.05) is 0 Å². The molecule has 0 aliphatic heterocycles. The molecule has 0 unspecified atom stereocenters. The molecule has 3 aromatic rings. The molecule has 0 saturated heterocycles.